The number of amides is 1. The second-order valence-corrected chi connectivity index (χ2v) is 7.26. The van der Waals surface area contributed by atoms with Gasteiger partial charge < -0.3 is 14.2 Å². The van der Waals surface area contributed by atoms with Crippen molar-refractivity contribution in [1.29, 1.82) is 0 Å². The highest BCUT2D eigenvalue weighted by Gasteiger charge is 2.32. The van der Waals surface area contributed by atoms with Gasteiger partial charge >= 0.3 is 6.18 Å². The van der Waals surface area contributed by atoms with Gasteiger partial charge in [0, 0.05) is 18.8 Å². The smallest absolute Gasteiger partial charge is 0.416 e. The molecule has 31 heavy (non-hydrogen) atoms. The number of pyridine rings is 1. The molecule has 0 aliphatic carbocycles. The predicted molar refractivity (Wildman–Crippen MR) is 104 cm³/mol. The molecule has 1 amide bonds. The van der Waals surface area contributed by atoms with Crippen molar-refractivity contribution in [1.82, 2.24) is 15.0 Å². The number of piperidine rings is 1. The largest absolute Gasteiger partial charge is 0.486 e. The molecule has 1 aliphatic rings. The lowest BCUT2D eigenvalue weighted by Gasteiger charge is -2.34. The van der Waals surface area contributed by atoms with Crippen LogP contribution in [0.25, 0.3) is 0 Å². The fourth-order valence-electron chi connectivity index (χ4n) is 3.60. The summed E-state index contributed by atoms with van der Waals surface area (Å²) in [7, 11) is 0. The number of hydrogen-bond acceptors (Lipinski definition) is 5. The van der Waals surface area contributed by atoms with Gasteiger partial charge in [0.2, 0.25) is 0 Å². The zero-order valence-electron chi connectivity index (χ0n) is 16.5. The quantitative estimate of drug-likeness (QED) is 0.567. The maximum atomic E-state index is 13.0. The molecule has 2 aromatic heterocycles. The van der Waals surface area contributed by atoms with Crippen LogP contribution in [0.1, 0.15) is 52.8 Å². The van der Waals surface area contributed by atoms with E-state index in [9.17, 15) is 18.0 Å². The third-order valence-electron chi connectivity index (χ3n) is 5.11. The van der Waals surface area contributed by atoms with Crippen molar-refractivity contribution in [3.8, 4) is 5.75 Å². The zero-order valence-corrected chi connectivity index (χ0v) is 16.5. The van der Waals surface area contributed by atoms with Gasteiger partial charge in [-0.1, -0.05) is 17.3 Å². The molecule has 1 saturated heterocycles. The summed E-state index contributed by atoms with van der Waals surface area (Å²) < 4.78 is 49.0. The van der Waals surface area contributed by atoms with Gasteiger partial charge in [0.1, 0.15) is 12.4 Å². The standard InChI is InChI=1S/C22H20F3N3O3/c23-22(24,25)15-6-5-7-16(12-15)30-14-17-13-19(27-31-17)21(29)28-11-4-2-9-20(28)18-8-1-3-10-26-18/h1,3,5-8,10,12-13,20H,2,4,9,11,14H2/t20-/m0/s1. The second kappa shape index (κ2) is 8.79. The molecule has 162 valence electrons. The van der Waals surface area contributed by atoms with Crippen LogP contribution < -0.4 is 4.74 Å². The van der Waals surface area contributed by atoms with Gasteiger partial charge in [0.05, 0.1) is 17.3 Å². The number of ether oxygens (including phenoxy) is 1. The van der Waals surface area contributed by atoms with E-state index in [1.54, 1.807) is 11.1 Å². The Kier molecular flexibility index (Phi) is 5.92. The van der Waals surface area contributed by atoms with Crippen LogP contribution in [-0.4, -0.2) is 27.5 Å². The van der Waals surface area contributed by atoms with Crippen LogP contribution >= 0.6 is 0 Å². The first-order valence-electron chi connectivity index (χ1n) is 9.89. The molecule has 0 radical (unpaired) electrons. The fraction of sp³-hybridized carbons (Fsp3) is 0.318. The first-order chi connectivity index (χ1) is 14.9. The van der Waals surface area contributed by atoms with Crippen LogP contribution in [0.2, 0.25) is 0 Å². The predicted octanol–water partition coefficient (Wildman–Crippen LogP) is 5.03. The van der Waals surface area contributed by atoms with Gasteiger partial charge in [-0.05, 0) is 49.6 Å². The highest BCUT2D eigenvalue weighted by atomic mass is 19.4. The van der Waals surface area contributed by atoms with Crippen LogP contribution in [0.3, 0.4) is 0 Å². The average Bonchev–Trinajstić information content (AvgIpc) is 3.26. The molecule has 0 saturated carbocycles. The van der Waals surface area contributed by atoms with Crippen LogP contribution in [-0.2, 0) is 12.8 Å². The fourth-order valence-corrected chi connectivity index (χ4v) is 3.60. The Morgan fingerprint density at radius 2 is 2.03 bits per heavy atom. The van der Waals surface area contributed by atoms with Gasteiger partial charge in [0.25, 0.3) is 5.91 Å². The molecule has 0 bridgehead atoms. The normalized spacial score (nSPS) is 16.9. The number of carbonyl (C=O) groups excluding carboxylic acids is 1. The Morgan fingerprint density at radius 3 is 2.81 bits per heavy atom. The van der Waals surface area contributed by atoms with Crippen molar-refractivity contribution in [2.24, 2.45) is 0 Å². The van der Waals surface area contributed by atoms with Crippen molar-refractivity contribution < 1.29 is 27.2 Å². The second-order valence-electron chi connectivity index (χ2n) is 7.26. The number of rotatable bonds is 5. The molecular formula is C22H20F3N3O3. The summed E-state index contributed by atoms with van der Waals surface area (Å²) in [5.74, 6) is 0.0157. The van der Waals surface area contributed by atoms with Crippen LogP contribution in [0, 0.1) is 0 Å². The van der Waals surface area contributed by atoms with Gasteiger partial charge in [0.15, 0.2) is 11.5 Å². The van der Waals surface area contributed by atoms with Crippen molar-refractivity contribution in [3.05, 3.63) is 77.4 Å². The molecule has 1 aliphatic heterocycles. The molecule has 4 rings (SSSR count). The SMILES string of the molecule is O=C(c1cc(COc2cccc(C(F)(F)F)c2)on1)N1CCCC[C@H]1c1ccccn1. The van der Waals surface area contributed by atoms with Crippen molar-refractivity contribution in [2.75, 3.05) is 6.54 Å². The number of carbonyl (C=O) groups is 1. The van der Waals surface area contributed by atoms with E-state index in [1.165, 1.54) is 18.2 Å². The van der Waals surface area contributed by atoms with E-state index in [0.717, 1.165) is 37.1 Å². The van der Waals surface area contributed by atoms with Gasteiger partial charge in [-0.15, -0.1) is 0 Å². The van der Waals surface area contributed by atoms with Gasteiger partial charge in [-0.2, -0.15) is 13.2 Å². The number of hydrogen-bond donors (Lipinski definition) is 0. The minimum Gasteiger partial charge on any atom is -0.486 e. The van der Waals surface area contributed by atoms with E-state index in [1.807, 2.05) is 18.2 Å². The summed E-state index contributed by atoms with van der Waals surface area (Å²) in [5.41, 5.74) is 0.154. The van der Waals surface area contributed by atoms with E-state index in [0.29, 0.717) is 6.54 Å². The maximum Gasteiger partial charge on any atom is 0.416 e. The number of alkyl halides is 3. The molecule has 3 aromatic rings. The monoisotopic (exact) mass is 431 g/mol. The summed E-state index contributed by atoms with van der Waals surface area (Å²) in [5, 5.41) is 3.84. The van der Waals surface area contributed by atoms with Crippen molar-refractivity contribution in [3.63, 3.8) is 0 Å². The minimum absolute atomic E-state index is 0.0466. The third kappa shape index (κ3) is 4.87. The average molecular weight is 431 g/mol. The van der Waals surface area contributed by atoms with Crippen LogP contribution in [0.4, 0.5) is 13.2 Å². The molecule has 3 heterocycles. The highest BCUT2D eigenvalue weighted by Crippen LogP contribution is 2.32. The van der Waals surface area contributed by atoms with E-state index in [2.05, 4.69) is 10.1 Å². The van der Waals surface area contributed by atoms with Gasteiger partial charge in [-0.3, -0.25) is 9.78 Å². The Labute approximate surface area is 176 Å². The van der Waals surface area contributed by atoms with Gasteiger partial charge in [-0.25, -0.2) is 0 Å². The number of likely N-dealkylation sites (tertiary alicyclic amines) is 1. The summed E-state index contributed by atoms with van der Waals surface area (Å²) in [4.78, 5) is 19.2. The lowest BCUT2D eigenvalue weighted by molar-refractivity contribution is -0.137. The number of halogens is 3. The first-order valence-corrected chi connectivity index (χ1v) is 9.89. The van der Waals surface area contributed by atoms with E-state index < -0.39 is 11.7 Å². The Morgan fingerprint density at radius 1 is 1.16 bits per heavy atom. The summed E-state index contributed by atoms with van der Waals surface area (Å²) in [6.45, 7) is 0.439. The third-order valence-corrected chi connectivity index (χ3v) is 5.11. The number of nitrogens with zero attached hydrogens (tertiary/aromatic N) is 3. The van der Waals surface area contributed by atoms with Crippen molar-refractivity contribution in [2.45, 2.75) is 38.1 Å². The Balaban J connectivity index is 1.44. The molecule has 0 spiro atoms. The number of benzene rings is 1. The zero-order chi connectivity index (χ0) is 21.8. The molecule has 1 fully saturated rings. The molecule has 9 heteroatoms. The number of aromatic nitrogens is 2. The van der Waals surface area contributed by atoms with Crippen LogP contribution in [0.15, 0.2) is 59.3 Å². The van der Waals surface area contributed by atoms with E-state index in [4.69, 9.17) is 9.26 Å². The Hall–Kier alpha value is -3.36. The molecule has 1 aromatic carbocycles. The summed E-state index contributed by atoms with van der Waals surface area (Å²) >= 11 is 0. The summed E-state index contributed by atoms with van der Waals surface area (Å²) in [6.07, 6.45) is -0.0554. The van der Waals surface area contributed by atoms with Crippen molar-refractivity contribution >= 4 is 5.91 Å². The molecular weight excluding hydrogens is 411 g/mol. The minimum atomic E-state index is -4.45. The maximum absolute atomic E-state index is 13.0. The molecule has 6 nitrogen and oxygen atoms in total. The molecule has 0 N–H and O–H groups in total. The molecule has 1 atom stereocenters. The molecule has 0 unspecified atom stereocenters. The van der Waals surface area contributed by atoms with E-state index >= 15 is 0 Å². The van der Waals surface area contributed by atoms with E-state index in [-0.39, 0.29) is 35.8 Å². The van der Waals surface area contributed by atoms with Crippen LogP contribution in [0.5, 0.6) is 5.75 Å². The first kappa shape index (κ1) is 20.9. The summed E-state index contributed by atoms with van der Waals surface area (Å²) in [6, 6.07) is 11.5. The lowest BCUT2D eigenvalue weighted by atomic mass is 9.98. The lowest BCUT2D eigenvalue weighted by Crippen LogP contribution is -2.39. The highest BCUT2D eigenvalue weighted by molar-refractivity contribution is 5.92. The topological polar surface area (TPSA) is 68.5 Å². The Bertz CT molecular complexity index is 1040.